The molecule has 1 aliphatic rings. The van der Waals surface area contributed by atoms with Crippen LogP contribution in [0.15, 0.2) is 18.2 Å². The summed E-state index contributed by atoms with van der Waals surface area (Å²) in [4.78, 5) is 11.7. The first kappa shape index (κ1) is 17.1. The average molecular weight is 324 g/mol. The van der Waals surface area contributed by atoms with Gasteiger partial charge >= 0.3 is 0 Å². The Morgan fingerprint density at radius 3 is 2.82 bits per heavy atom. The first-order valence-corrected chi connectivity index (χ1v) is 8.56. The molecule has 1 heterocycles. The van der Waals surface area contributed by atoms with Gasteiger partial charge in [-0.2, -0.15) is 0 Å². The maximum atomic E-state index is 11.7. The minimum absolute atomic E-state index is 0.0437. The maximum absolute atomic E-state index is 11.7. The fourth-order valence-electron chi connectivity index (χ4n) is 2.60. The first-order chi connectivity index (χ1) is 10.4. The summed E-state index contributed by atoms with van der Waals surface area (Å²) in [7, 11) is 0. The van der Waals surface area contributed by atoms with E-state index in [1.165, 1.54) is 11.1 Å². The summed E-state index contributed by atoms with van der Waals surface area (Å²) in [5.41, 5.74) is 2.71. The molecule has 0 spiro atoms. The zero-order valence-electron chi connectivity index (χ0n) is 13.7. The summed E-state index contributed by atoms with van der Waals surface area (Å²) in [5.74, 6) is 1.65. The van der Waals surface area contributed by atoms with E-state index >= 15 is 0 Å². The van der Waals surface area contributed by atoms with Gasteiger partial charge in [0, 0.05) is 18.7 Å². The quantitative estimate of drug-likeness (QED) is 0.638. The van der Waals surface area contributed by atoms with Crippen LogP contribution in [0.1, 0.15) is 51.2 Å². The number of hydrogen-bond donors (Lipinski definition) is 1. The molecular weight excluding hydrogens is 298 g/mol. The van der Waals surface area contributed by atoms with Crippen LogP contribution in [0.25, 0.3) is 0 Å². The number of ether oxygens (including phenoxy) is 1. The van der Waals surface area contributed by atoms with Gasteiger partial charge in [0.25, 0.3) is 0 Å². The molecule has 1 aromatic carbocycles. The molecule has 3 nitrogen and oxygen atoms in total. The number of halogens is 1. The van der Waals surface area contributed by atoms with E-state index in [4.69, 9.17) is 16.3 Å². The molecule has 2 rings (SSSR count). The zero-order chi connectivity index (χ0) is 16.2. The Balaban J connectivity index is 1.84. The summed E-state index contributed by atoms with van der Waals surface area (Å²) in [5, 5.41) is 2.96. The third-order valence-corrected chi connectivity index (χ3v) is 4.25. The normalized spacial score (nSPS) is 17.0. The Morgan fingerprint density at radius 2 is 2.14 bits per heavy atom. The predicted molar refractivity (Wildman–Crippen MR) is 90.8 cm³/mol. The molecule has 0 radical (unpaired) electrons. The molecule has 22 heavy (non-hydrogen) atoms. The molecule has 0 bridgehead atoms. The van der Waals surface area contributed by atoms with Crippen LogP contribution in [0.5, 0.6) is 5.75 Å². The van der Waals surface area contributed by atoms with E-state index in [1.807, 2.05) is 0 Å². The number of amides is 1. The Morgan fingerprint density at radius 1 is 1.36 bits per heavy atom. The van der Waals surface area contributed by atoms with E-state index in [0.717, 1.165) is 25.0 Å². The second-order valence-electron chi connectivity index (χ2n) is 6.97. The molecule has 1 N–H and O–H groups in total. The molecule has 1 aliphatic heterocycles. The molecular formula is C18H26ClNO2. The molecule has 0 aliphatic carbocycles. The smallest absolute Gasteiger partial charge is 0.220 e. The third-order valence-electron chi connectivity index (χ3n) is 3.98. The average Bonchev–Trinajstić information content (AvgIpc) is 2.86. The number of benzene rings is 1. The summed E-state index contributed by atoms with van der Waals surface area (Å²) in [6.45, 7) is 7.20. The lowest BCUT2D eigenvalue weighted by molar-refractivity contribution is -0.121. The second kappa shape index (κ2) is 7.36. The van der Waals surface area contributed by atoms with E-state index in [-0.39, 0.29) is 17.4 Å². The van der Waals surface area contributed by atoms with Gasteiger partial charge in [0.2, 0.25) is 5.91 Å². The maximum Gasteiger partial charge on any atom is 0.220 e. The summed E-state index contributed by atoms with van der Waals surface area (Å²) in [6.07, 6.45) is 3.18. The number of hydrogen-bond acceptors (Lipinski definition) is 2. The Bertz CT molecular complexity index is 522. The molecule has 0 aromatic heterocycles. The lowest BCUT2D eigenvalue weighted by Crippen LogP contribution is -2.34. The number of unbranched alkanes of at least 4 members (excludes halogenated alkanes) is 1. The van der Waals surface area contributed by atoms with Crippen LogP contribution < -0.4 is 10.1 Å². The Hall–Kier alpha value is -1.22. The van der Waals surface area contributed by atoms with E-state index < -0.39 is 0 Å². The topological polar surface area (TPSA) is 38.3 Å². The second-order valence-corrected chi connectivity index (χ2v) is 7.34. The molecule has 0 fully saturated rings. The first-order valence-electron chi connectivity index (χ1n) is 8.03. The Labute approximate surface area is 138 Å². The zero-order valence-corrected chi connectivity index (χ0v) is 14.5. The van der Waals surface area contributed by atoms with Crippen LogP contribution >= 0.6 is 11.6 Å². The molecule has 1 amide bonds. The third kappa shape index (κ3) is 4.64. The van der Waals surface area contributed by atoms with Crippen molar-refractivity contribution >= 4 is 17.5 Å². The number of rotatable bonds is 6. The SMILES string of the molecule is CC(C)(C)c1ccc2c(c1)C[C@@H](CNC(=O)CCCCCl)O2. The molecule has 0 saturated carbocycles. The van der Waals surface area contributed by atoms with Gasteiger partial charge in [-0.05, 0) is 35.4 Å². The van der Waals surface area contributed by atoms with Gasteiger partial charge in [-0.25, -0.2) is 0 Å². The summed E-state index contributed by atoms with van der Waals surface area (Å²) < 4.78 is 5.91. The molecule has 0 unspecified atom stereocenters. The fraction of sp³-hybridized carbons (Fsp3) is 0.611. The largest absolute Gasteiger partial charge is 0.488 e. The molecule has 4 heteroatoms. The van der Waals surface area contributed by atoms with Crippen molar-refractivity contribution in [2.75, 3.05) is 12.4 Å². The molecule has 1 aromatic rings. The highest BCUT2D eigenvalue weighted by molar-refractivity contribution is 6.17. The predicted octanol–water partition coefficient (Wildman–Crippen LogP) is 3.81. The van der Waals surface area contributed by atoms with Crippen molar-refractivity contribution < 1.29 is 9.53 Å². The number of fused-ring (bicyclic) bond motifs is 1. The highest BCUT2D eigenvalue weighted by Crippen LogP contribution is 2.33. The highest BCUT2D eigenvalue weighted by atomic mass is 35.5. The van der Waals surface area contributed by atoms with E-state index in [2.05, 4.69) is 44.3 Å². The number of alkyl halides is 1. The van der Waals surface area contributed by atoms with E-state index in [1.54, 1.807) is 0 Å². The Kier molecular flexibility index (Phi) is 5.74. The van der Waals surface area contributed by atoms with Gasteiger partial charge in [-0.15, -0.1) is 11.6 Å². The van der Waals surface area contributed by atoms with Crippen LogP contribution in [-0.4, -0.2) is 24.4 Å². The van der Waals surface area contributed by atoms with Crippen molar-refractivity contribution in [1.29, 1.82) is 0 Å². The lowest BCUT2D eigenvalue weighted by Gasteiger charge is -2.19. The standard InChI is InChI=1S/C18H26ClNO2/c1-18(2,3)14-7-8-16-13(10-14)11-15(22-16)12-20-17(21)6-4-5-9-19/h7-8,10,15H,4-6,9,11-12H2,1-3H3,(H,20,21)/t15-/m0/s1. The number of nitrogens with one attached hydrogen (secondary N) is 1. The summed E-state index contributed by atoms with van der Waals surface area (Å²) in [6, 6.07) is 6.42. The van der Waals surface area contributed by atoms with Crippen molar-refractivity contribution in [3.05, 3.63) is 29.3 Å². The van der Waals surface area contributed by atoms with Crippen LogP contribution in [0.3, 0.4) is 0 Å². The molecule has 122 valence electrons. The van der Waals surface area contributed by atoms with Crippen molar-refractivity contribution in [3.63, 3.8) is 0 Å². The highest BCUT2D eigenvalue weighted by Gasteiger charge is 2.25. The van der Waals surface area contributed by atoms with Crippen molar-refractivity contribution in [2.24, 2.45) is 0 Å². The number of carbonyl (C=O) groups is 1. The van der Waals surface area contributed by atoms with Crippen LogP contribution in [0, 0.1) is 0 Å². The molecule has 0 saturated heterocycles. The van der Waals surface area contributed by atoms with Crippen LogP contribution in [-0.2, 0) is 16.6 Å². The monoisotopic (exact) mass is 323 g/mol. The van der Waals surface area contributed by atoms with E-state index in [0.29, 0.717) is 18.8 Å². The van der Waals surface area contributed by atoms with E-state index in [9.17, 15) is 4.79 Å². The van der Waals surface area contributed by atoms with Gasteiger partial charge in [0.05, 0.1) is 6.54 Å². The fourth-order valence-corrected chi connectivity index (χ4v) is 2.79. The minimum Gasteiger partial charge on any atom is -0.488 e. The van der Waals surface area contributed by atoms with Crippen molar-refractivity contribution in [3.8, 4) is 5.75 Å². The van der Waals surface area contributed by atoms with Gasteiger partial charge in [0.15, 0.2) is 0 Å². The van der Waals surface area contributed by atoms with Crippen molar-refractivity contribution in [1.82, 2.24) is 5.32 Å². The van der Waals surface area contributed by atoms with Gasteiger partial charge in [-0.1, -0.05) is 32.9 Å². The van der Waals surface area contributed by atoms with Crippen LogP contribution in [0.4, 0.5) is 0 Å². The van der Waals surface area contributed by atoms with Crippen LogP contribution in [0.2, 0.25) is 0 Å². The number of carbonyl (C=O) groups excluding carboxylic acids is 1. The van der Waals surface area contributed by atoms with Gasteiger partial charge in [0.1, 0.15) is 11.9 Å². The minimum atomic E-state index is 0.0437. The molecule has 1 atom stereocenters. The van der Waals surface area contributed by atoms with Gasteiger partial charge < -0.3 is 10.1 Å². The summed E-state index contributed by atoms with van der Waals surface area (Å²) >= 11 is 5.61. The lowest BCUT2D eigenvalue weighted by atomic mass is 9.86. The van der Waals surface area contributed by atoms with Gasteiger partial charge in [-0.3, -0.25) is 4.79 Å². The van der Waals surface area contributed by atoms with Crippen molar-refractivity contribution in [2.45, 2.75) is 58.0 Å².